The highest BCUT2D eigenvalue weighted by molar-refractivity contribution is 7.99. The van der Waals surface area contributed by atoms with Gasteiger partial charge in [-0.15, -0.1) is 11.8 Å². The van der Waals surface area contributed by atoms with E-state index in [0.717, 1.165) is 12.3 Å². The van der Waals surface area contributed by atoms with Crippen molar-refractivity contribution in [3.8, 4) is 5.75 Å². The first-order valence-electron chi connectivity index (χ1n) is 6.26. The summed E-state index contributed by atoms with van der Waals surface area (Å²) in [6.07, 6.45) is 2.49. The third kappa shape index (κ3) is 5.99. The van der Waals surface area contributed by atoms with Gasteiger partial charge in [-0.25, -0.2) is 0 Å². The molecule has 17 heavy (non-hydrogen) atoms. The maximum atomic E-state index is 5.21. The van der Waals surface area contributed by atoms with Gasteiger partial charge in [-0.05, 0) is 50.3 Å². The van der Waals surface area contributed by atoms with Crippen LogP contribution < -0.4 is 10.1 Å². The first-order valence-corrected chi connectivity index (χ1v) is 7.25. The van der Waals surface area contributed by atoms with Gasteiger partial charge in [-0.2, -0.15) is 0 Å². The number of benzene rings is 1. The quantitative estimate of drug-likeness (QED) is 0.565. The van der Waals surface area contributed by atoms with Gasteiger partial charge in [0.05, 0.1) is 7.11 Å². The highest BCUT2D eigenvalue weighted by Crippen LogP contribution is 2.23. The standard InChI is InChI=1S/C14H23NOS/c1-4-15-12(2)7-6-10-17-14-9-5-8-13(11-14)16-3/h5,8-9,11-12,15H,4,6-7,10H2,1-3H3. The summed E-state index contributed by atoms with van der Waals surface area (Å²) in [5.41, 5.74) is 0. The van der Waals surface area contributed by atoms with Gasteiger partial charge in [0.1, 0.15) is 5.75 Å². The SMILES string of the molecule is CCNC(C)CCCSc1cccc(OC)c1. The van der Waals surface area contributed by atoms with Gasteiger partial charge in [0.15, 0.2) is 0 Å². The van der Waals surface area contributed by atoms with E-state index < -0.39 is 0 Å². The van der Waals surface area contributed by atoms with E-state index in [2.05, 4.69) is 31.3 Å². The van der Waals surface area contributed by atoms with Gasteiger partial charge < -0.3 is 10.1 Å². The minimum Gasteiger partial charge on any atom is -0.497 e. The Morgan fingerprint density at radius 2 is 2.24 bits per heavy atom. The molecule has 0 heterocycles. The second kappa shape index (κ2) is 8.43. The Morgan fingerprint density at radius 1 is 1.41 bits per heavy atom. The summed E-state index contributed by atoms with van der Waals surface area (Å²) in [6, 6.07) is 8.89. The molecule has 96 valence electrons. The van der Waals surface area contributed by atoms with Gasteiger partial charge >= 0.3 is 0 Å². The van der Waals surface area contributed by atoms with Crippen LogP contribution in [0.25, 0.3) is 0 Å². The molecular formula is C14H23NOS. The monoisotopic (exact) mass is 253 g/mol. The average Bonchev–Trinajstić information content (AvgIpc) is 2.35. The summed E-state index contributed by atoms with van der Waals surface area (Å²) in [5.74, 6) is 2.11. The normalized spacial score (nSPS) is 12.4. The summed E-state index contributed by atoms with van der Waals surface area (Å²) in [6.45, 7) is 5.46. The van der Waals surface area contributed by atoms with Crippen molar-refractivity contribution in [2.24, 2.45) is 0 Å². The molecule has 0 aromatic heterocycles. The molecule has 0 bridgehead atoms. The van der Waals surface area contributed by atoms with Gasteiger partial charge in [-0.1, -0.05) is 13.0 Å². The number of ether oxygens (including phenoxy) is 1. The van der Waals surface area contributed by atoms with Crippen molar-refractivity contribution < 1.29 is 4.74 Å². The molecule has 1 aromatic rings. The lowest BCUT2D eigenvalue weighted by Crippen LogP contribution is -2.25. The zero-order valence-corrected chi connectivity index (χ0v) is 11.8. The lowest BCUT2D eigenvalue weighted by molar-refractivity contribution is 0.413. The van der Waals surface area contributed by atoms with E-state index in [-0.39, 0.29) is 0 Å². The van der Waals surface area contributed by atoms with Gasteiger partial charge in [-0.3, -0.25) is 0 Å². The van der Waals surface area contributed by atoms with Crippen molar-refractivity contribution in [1.29, 1.82) is 0 Å². The van der Waals surface area contributed by atoms with Crippen molar-refractivity contribution >= 4 is 11.8 Å². The molecule has 0 amide bonds. The number of methoxy groups -OCH3 is 1. The average molecular weight is 253 g/mol. The summed E-state index contributed by atoms with van der Waals surface area (Å²) >= 11 is 1.90. The Kier molecular flexibility index (Phi) is 7.13. The smallest absolute Gasteiger partial charge is 0.119 e. The van der Waals surface area contributed by atoms with E-state index in [9.17, 15) is 0 Å². The van der Waals surface area contributed by atoms with E-state index in [1.807, 2.05) is 23.9 Å². The highest BCUT2D eigenvalue weighted by atomic mass is 32.2. The molecule has 0 aliphatic carbocycles. The Labute approximate surface area is 109 Å². The second-order valence-corrected chi connectivity index (χ2v) is 5.30. The van der Waals surface area contributed by atoms with Crippen molar-refractivity contribution in [2.45, 2.75) is 37.6 Å². The van der Waals surface area contributed by atoms with E-state index in [4.69, 9.17) is 4.74 Å². The highest BCUT2D eigenvalue weighted by Gasteiger charge is 2.00. The maximum Gasteiger partial charge on any atom is 0.119 e. The molecule has 0 fully saturated rings. The molecule has 3 heteroatoms. The van der Waals surface area contributed by atoms with Crippen LogP contribution in [0.4, 0.5) is 0 Å². The molecule has 0 saturated carbocycles. The van der Waals surface area contributed by atoms with Gasteiger partial charge in [0.25, 0.3) is 0 Å². The molecule has 1 unspecified atom stereocenters. The summed E-state index contributed by atoms with van der Waals surface area (Å²) in [5, 5.41) is 3.43. The molecule has 0 aliphatic rings. The predicted molar refractivity (Wildman–Crippen MR) is 76.1 cm³/mol. The molecule has 0 radical (unpaired) electrons. The summed E-state index contributed by atoms with van der Waals surface area (Å²) in [4.78, 5) is 1.29. The molecule has 1 N–H and O–H groups in total. The molecular weight excluding hydrogens is 230 g/mol. The Morgan fingerprint density at radius 3 is 2.94 bits per heavy atom. The van der Waals surface area contributed by atoms with Crippen LogP contribution >= 0.6 is 11.8 Å². The van der Waals surface area contributed by atoms with E-state index in [1.165, 1.54) is 23.5 Å². The molecule has 0 spiro atoms. The van der Waals surface area contributed by atoms with Crippen LogP contribution in [0.3, 0.4) is 0 Å². The number of thioether (sulfide) groups is 1. The van der Waals surface area contributed by atoms with Crippen LogP contribution in [-0.2, 0) is 0 Å². The molecule has 1 atom stereocenters. The van der Waals surface area contributed by atoms with E-state index in [0.29, 0.717) is 6.04 Å². The number of nitrogens with one attached hydrogen (secondary N) is 1. The second-order valence-electron chi connectivity index (χ2n) is 4.13. The third-order valence-electron chi connectivity index (χ3n) is 2.64. The zero-order valence-electron chi connectivity index (χ0n) is 11.0. The Balaban J connectivity index is 2.21. The number of hydrogen-bond acceptors (Lipinski definition) is 3. The van der Waals surface area contributed by atoms with Crippen molar-refractivity contribution in [2.75, 3.05) is 19.4 Å². The first kappa shape index (κ1) is 14.4. The lowest BCUT2D eigenvalue weighted by atomic mass is 10.2. The van der Waals surface area contributed by atoms with Crippen LogP contribution in [-0.4, -0.2) is 25.4 Å². The Hall–Kier alpha value is -0.670. The maximum absolute atomic E-state index is 5.21. The Bertz CT molecular complexity index is 317. The van der Waals surface area contributed by atoms with Crippen LogP contribution in [0, 0.1) is 0 Å². The summed E-state index contributed by atoms with van der Waals surface area (Å²) in [7, 11) is 1.71. The van der Waals surface area contributed by atoms with E-state index in [1.54, 1.807) is 7.11 Å². The number of hydrogen-bond donors (Lipinski definition) is 1. The largest absolute Gasteiger partial charge is 0.497 e. The molecule has 1 aromatic carbocycles. The lowest BCUT2D eigenvalue weighted by Gasteiger charge is -2.11. The van der Waals surface area contributed by atoms with Crippen LogP contribution in [0.5, 0.6) is 5.75 Å². The number of rotatable bonds is 8. The van der Waals surface area contributed by atoms with E-state index >= 15 is 0 Å². The third-order valence-corrected chi connectivity index (χ3v) is 3.72. The van der Waals surface area contributed by atoms with Crippen molar-refractivity contribution in [3.05, 3.63) is 24.3 Å². The predicted octanol–water partition coefficient (Wildman–Crippen LogP) is 3.57. The molecule has 2 nitrogen and oxygen atoms in total. The van der Waals surface area contributed by atoms with Gasteiger partial charge in [0.2, 0.25) is 0 Å². The molecule has 0 aliphatic heterocycles. The fourth-order valence-electron chi connectivity index (χ4n) is 1.72. The minimum absolute atomic E-state index is 0.630. The first-order chi connectivity index (χ1) is 8.26. The van der Waals surface area contributed by atoms with Crippen LogP contribution in [0.15, 0.2) is 29.2 Å². The fraction of sp³-hybridized carbons (Fsp3) is 0.571. The zero-order chi connectivity index (χ0) is 12.5. The topological polar surface area (TPSA) is 21.3 Å². The van der Waals surface area contributed by atoms with Crippen LogP contribution in [0.1, 0.15) is 26.7 Å². The van der Waals surface area contributed by atoms with Gasteiger partial charge in [0, 0.05) is 10.9 Å². The molecule has 1 rings (SSSR count). The molecule has 0 saturated heterocycles. The van der Waals surface area contributed by atoms with Crippen LogP contribution in [0.2, 0.25) is 0 Å². The fourth-order valence-corrected chi connectivity index (χ4v) is 2.64. The summed E-state index contributed by atoms with van der Waals surface area (Å²) < 4.78 is 5.21. The van der Waals surface area contributed by atoms with Crippen molar-refractivity contribution in [3.63, 3.8) is 0 Å². The minimum atomic E-state index is 0.630. The van der Waals surface area contributed by atoms with Crippen molar-refractivity contribution in [1.82, 2.24) is 5.32 Å².